The van der Waals surface area contributed by atoms with Crippen molar-refractivity contribution in [3.05, 3.63) is 17.5 Å². The van der Waals surface area contributed by atoms with E-state index in [0.717, 1.165) is 37.7 Å². The van der Waals surface area contributed by atoms with Crippen LogP contribution in [0.25, 0.3) is 0 Å². The molecule has 5 nitrogen and oxygen atoms in total. The maximum Gasteiger partial charge on any atom is 0.273 e. The van der Waals surface area contributed by atoms with Crippen molar-refractivity contribution in [2.24, 2.45) is 5.92 Å². The van der Waals surface area contributed by atoms with E-state index < -0.39 is 0 Å². The molecule has 5 heteroatoms. The molecule has 0 spiro atoms. The minimum atomic E-state index is -0.0878. The van der Waals surface area contributed by atoms with Gasteiger partial charge in [-0.15, -0.1) is 0 Å². The molecule has 1 aromatic heterocycles. The van der Waals surface area contributed by atoms with Gasteiger partial charge in [0.15, 0.2) is 5.69 Å². The second kappa shape index (κ2) is 4.58. The van der Waals surface area contributed by atoms with Crippen LogP contribution in [0.2, 0.25) is 0 Å². The van der Waals surface area contributed by atoms with Gasteiger partial charge in [-0.2, -0.15) is 0 Å². The van der Waals surface area contributed by atoms with Crippen molar-refractivity contribution in [1.82, 2.24) is 15.4 Å². The molecule has 0 aromatic carbocycles. The van der Waals surface area contributed by atoms with Crippen molar-refractivity contribution in [2.75, 3.05) is 13.1 Å². The van der Waals surface area contributed by atoms with Crippen molar-refractivity contribution in [3.63, 3.8) is 0 Å². The van der Waals surface area contributed by atoms with Crippen molar-refractivity contribution in [2.45, 2.75) is 50.6 Å². The Morgan fingerprint density at radius 2 is 2.20 bits per heavy atom. The molecule has 1 aliphatic heterocycles. The molecule has 2 atom stereocenters. The number of carbonyl (C=O) groups excluding carboxylic acids is 1. The van der Waals surface area contributed by atoms with Gasteiger partial charge in [0.25, 0.3) is 5.91 Å². The van der Waals surface area contributed by atoms with E-state index >= 15 is 0 Å². The fourth-order valence-corrected chi connectivity index (χ4v) is 3.13. The lowest BCUT2D eigenvalue weighted by molar-refractivity contribution is 0.0922. The Bertz CT molecular complexity index is 525. The van der Waals surface area contributed by atoms with Crippen molar-refractivity contribution in [1.29, 1.82) is 0 Å². The molecule has 1 saturated heterocycles. The first kappa shape index (κ1) is 12.4. The third-order valence-electron chi connectivity index (χ3n) is 4.76. The number of amides is 1. The highest BCUT2D eigenvalue weighted by molar-refractivity contribution is 5.92. The summed E-state index contributed by atoms with van der Waals surface area (Å²) in [6.45, 7) is 4.29. The summed E-state index contributed by atoms with van der Waals surface area (Å²) in [6.07, 6.45) is 4.96. The maximum absolute atomic E-state index is 12.2. The number of nitrogens with one attached hydrogen (secondary N) is 1. The van der Waals surface area contributed by atoms with Crippen molar-refractivity contribution < 1.29 is 10.7 Å². The smallest absolute Gasteiger partial charge is 0.273 e. The van der Waals surface area contributed by atoms with Gasteiger partial charge < -0.3 is 9.84 Å². The molecule has 0 radical (unpaired) electrons. The predicted octanol–water partition coefficient (Wildman–Crippen LogP) is 2.01. The Morgan fingerprint density at radius 1 is 1.40 bits per heavy atom. The SMILES string of the molecule is CC1CN(C2CC2)C[C@H]1NC(=O)c1cc(C2CC2)on1.[HH]. The molecule has 1 aromatic rings. The van der Waals surface area contributed by atoms with Crippen molar-refractivity contribution in [3.8, 4) is 0 Å². The van der Waals surface area contributed by atoms with Gasteiger partial charge in [-0.1, -0.05) is 12.1 Å². The van der Waals surface area contributed by atoms with Gasteiger partial charge in [0.1, 0.15) is 5.76 Å². The standard InChI is InChI=1S/C15H21N3O2.H2/c1-9-7-18(11-4-5-11)8-13(9)16-15(19)12-6-14(20-17-12)10-2-3-10;/h6,9-11,13H,2-5,7-8H2,1H3,(H,16,19);1H/t9?,13-;/m1./s1. The predicted molar refractivity (Wildman–Crippen MR) is 75.6 cm³/mol. The summed E-state index contributed by atoms with van der Waals surface area (Å²) in [5.74, 6) is 1.79. The molecule has 1 N–H and O–H groups in total. The van der Waals surface area contributed by atoms with E-state index in [4.69, 9.17) is 4.52 Å². The summed E-state index contributed by atoms with van der Waals surface area (Å²) >= 11 is 0. The highest BCUT2D eigenvalue weighted by Gasteiger charge is 2.39. The van der Waals surface area contributed by atoms with Gasteiger partial charge in [-0.05, 0) is 31.6 Å². The minimum absolute atomic E-state index is 0. The van der Waals surface area contributed by atoms with Crippen LogP contribution in [-0.4, -0.2) is 41.1 Å². The number of hydrogen-bond donors (Lipinski definition) is 1. The zero-order valence-corrected chi connectivity index (χ0v) is 11.8. The molecule has 2 heterocycles. The number of aromatic nitrogens is 1. The van der Waals surface area contributed by atoms with Crippen LogP contribution in [-0.2, 0) is 0 Å². The molecular formula is C15H23N3O2. The van der Waals surface area contributed by atoms with Gasteiger partial charge in [0, 0.05) is 38.6 Å². The molecule has 2 saturated carbocycles. The van der Waals surface area contributed by atoms with E-state index in [0.29, 0.717) is 17.5 Å². The lowest BCUT2D eigenvalue weighted by Crippen LogP contribution is -2.40. The van der Waals surface area contributed by atoms with Crippen LogP contribution in [0.5, 0.6) is 0 Å². The summed E-state index contributed by atoms with van der Waals surface area (Å²) in [5, 5.41) is 7.04. The molecule has 20 heavy (non-hydrogen) atoms. The molecule has 1 unspecified atom stereocenters. The zero-order valence-electron chi connectivity index (χ0n) is 11.8. The van der Waals surface area contributed by atoms with Crippen molar-refractivity contribution >= 4 is 5.91 Å². The van der Waals surface area contributed by atoms with E-state index in [-0.39, 0.29) is 13.4 Å². The van der Waals surface area contributed by atoms with Crippen LogP contribution < -0.4 is 5.32 Å². The molecule has 3 fully saturated rings. The fourth-order valence-electron chi connectivity index (χ4n) is 3.13. The summed E-state index contributed by atoms with van der Waals surface area (Å²) in [6, 6.07) is 2.82. The van der Waals surface area contributed by atoms with Crippen LogP contribution in [0.1, 0.15) is 56.2 Å². The molecule has 1 amide bonds. The summed E-state index contributed by atoms with van der Waals surface area (Å²) in [7, 11) is 0. The number of carbonyl (C=O) groups is 1. The van der Waals surface area contributed by atoms with Crippen LogP contribution in [0.4, 0.5) is 0 Å². The monoisotopic (exact) mass is 277 g/mol. The molecule has 0 bridgehead atoms. The maximum atomic E-state index is 12.2. The molecular weight excluding hydrogens is 254 g/mol. The Labute approximate surface area is 120 Å². The highest BCUT2D eigenvalue weighted by Crippen LogP contribution is 2.40. The molecule has 3 aliphatic rings. The fraction of sp³-hybridized carbons (Fsp3) is 0.733. The first-order chi connectivity index (χ1) is 9.70. The first-order valence-electron chi connectivity index (χ1n) is 7.72. The zero-order chi connectivity index (χ0) is 13.7. The van der Waals surface area contributed by atoms with Crippen LogP contribution in [0, 0.1) is 5.92 Å². The highest BCUT2D eigenvalue weighted by atomic mass is 16.5. The first-order valence-corrected chi connectivity index (χ1v) is 7.72. The van der Waals surface area contributed by atoms with Gasteiger partial charge in [-0.25, -0.2) is 0 Å². The second-order valence-corrected chi connectivity index (χ2v) is 6.63. The second-order valence-electron chi connectivity index (χ2n) is 6.63. The average Bonchev–Trinajstić information content (AvgIpc) is 3.36. The Hall–Kier alpha value is -1.36. The Balaban J connectivity index is 0.00000132. The van der Waals surface area contributed by atoms with Crippen LogP contribution >= 0.6 is 0 Å². The third-order valence-corrected chi connectivity index (χ3v) is 4.76. The van der Waals surface area contributed by atoms with E-state index in [1.54, 1.807) is 0 Å². The quantitative estimate of drug-likeness (QED) is 0.914. The van der Waals surface area contributed by atoms with Gasteiger partial charge >= 0.3 is 0 Å². The molecule has 4 rings (SSSR count). The van der Waals surface area contributed by atoms with Gasteiger partial charge in [0.2, 0.25) is 0 Å². The third kappa shape index (κ3) is 2.35. The van der Waals surface area contributed by atoms with E-state index in [9.17, 15) is 4.79 Å². The number of nitrogens with zero attached hydrogens (tertiary/aromatic N) is 2. The van der Waals surface area contributed by atoms with Gasteiger partial charge in [0.05, 0.1) is 0 Å². The van der Waals surface area contributed by atoms with Crippen LogP contribution in [0.3, 0.4) is 0 Å². The summed E-state index contributed by atoms with van der Waals surface area (Å²) in [4.78, 5) is 14.8. The normalized spacial score (nSPS) is 30.6. The van der Waals surface area contributed by atoms with E-state index in [1.807, 2.05) is 6.07 Å². The lowest BCUT2D eigenvalue weighted by Gasteiger charge is -2.16. The van der Waals surface area contributed by atoms with Crippen LogP contribution in [0.15, 0.2) is 10.6 Å². The Morgan fingerprint density at radius 3 is 2.90 bits per heavy atom. The number of hydrogen-bond acceptors (Lipinski definition) is 4. The number of rotatable bonds is 4. The van der Waals surface area contributed by atoms with E-state index in [1.165, 1.54) is 12.8 Å². The topological polar surface area (TPSA) is 58.4 Å². The summed E-state index contributed by atoms with van der Waals surface area (Å²) in [5.41, 5.74) is 0.434. The lowest BCUT2D eigenvalue weighted by atomic mass is 10.1. The van der Waals surface area contributed by atoms with Gasteiger partial charge in [-0.3, -0.25) is 9.69 Å². The Kier molecular flexibility index (Phi) is 2.84. The molecule has 110 valence electrons. The molecule has 2 aliphatic carbocycles. The summed E-state index contributed by atoms with van der Waals surface area (Å²) < 4.78 is 5.25. The average molecular weight is 277 g/mol. The number of likely N-dealkylation sites (tertiary alicyclic amines) is 1. The minimum Gasteiger partial charge on any atom is -0.360 e. The largest absolute Gasteiger partial charge is 0.360 e. The van der Waals surface area contributed by atoms with E-state index in [2.05, 4.69) is 22.3 Å².